The van der Waals surface area contributed by atoms with Crippen molar-refractivity contribution in [2.24, 2.45) is 11.3 Å². The molecule has 2 aliphatic rings. The molecule has 1 aliphatic carbocycles. The number of nitrogens with one attached hydrogen (secondary N) is 1. The molecule has 4 rings (SSSR count). The number of esters is 1. The number of carbonyl (C=O) groups excluding carboxylic acids is 3. The Bertz CT molecular complexity index is 1330. The highest BCUT2D eigenvalue weighted by Crippen LogP contribution is 2.53. The quantitative estimate of drug-likeness (QED) is 0.206. The van der Waals surface area contributed by atoms with E-state index in [1.165, 1.54) is 35.2 Å². The zero-order valence-electron chi connectivity index (χ0n) is 25.4. The van der Waals surface area contributed by atoms with Gasteiger partial charge in [-0.15, -0.1) is 0 Å². The lowest BCUT2D eigenvalue weighted by Gasteiger charge is -2.42. The zero-order chi connectivity index (χ0) is 31.5. The molecule has 234 valence electrons. The number of likely N-dealkylation sites (tertiary alicyclic amines) is 1. The lowest BCUT2D eigenvalue weighted by Crippen LogP contribution is -2.55. The number of hydrogen-bond donors (Lipinski definition) is 5. The first-order chi connectivity index (χ1) is 20.3. The van der Waals surface area contributed by atoms with E-state index in [1.54, 1.807) is 12.1 Å². The van der Waals surface area contributed by atoms with E-state index in [0.717, 1.165) is 19.3 Å². The number of aromatic hydroxyl groups is 3. The second-order valence-electron chi connectivity index (χ2n) is 12.7. The molecule has 0 radical (unpaired) electrons. The van der Waals surface area contributed by atoms with Gasteiger partial charge in [0, 0.05) is 24.8 Å². The monoisotopic (exact) mass is 596 g/mol. The molecule has 1 saturated carbocycles. The third kappa shape index (κ3) is 6.90. The Morgan fingerprint density at radius 3 is 2.28 bits per heavy atom. The highest BCUT2D eigenvalue weighted by molar-refractivity contribution is 5.92. The van der Waals surface area contributed by atoms with Crippen molar-refractivity contribution in [3.63, 3.8) is 0 Å². The van der Waals surface area contributed by atoms with Gasteiger partial charge in [0.15, 0.2) is 11.5 Å². The third-order valence-electron chi connectivity index (χ3n) is 9.74. The minimum atomic E-state index is -1.55. The number of ether oxygens (including phenoxy) is 1. The molecule has 43 heavy (non-hydrogen) atoms. The molecule has 4 unspecified atom stereocenters. The largest absolute Gasteiger partial charge is 0.508 e. The van der Waals surface area contributed by atoms with Crippen LogP contribution in [0, 0.1) is 11.3 Å². The summed E-state index contributed by atoms with van der Waals surface area (Å²) in [5.41, 5.74) is 0.202. The summed E-state index contributed by atoms with van der Waals surface area (Å²) >= 11 is 0. The third-order valence-corrected chi connectivity index (χ3v) is 9.74. The van der Waals surface area contributed by atoms with Crippen LogP contribution in [0.25, 0.3) is 0 Å². The number of hydrogen-bond acceptors (Lipinski definition) is 8. The van der Waals surface area contributed by atoms with Gasteiger partial charge in [-0.05, 0) is 73.9 Å². The highest BCUT2D eigenvalue weighted by atomic mass is 16.6. The first kappa shape index (κ1) is 32.1. The van der Waals surface area contributed by atoms with E-state index in [-0.39, 0.29) is 35.5 Å². The molecule has 10 nitrogen and oxygen atoms in total. The SMILES string of the molecule is CC[C@@H]1CCC(C)(OC(=O)C2CCCN2C(=O)C(Cc2ccc(O)cc2)NC(=O)C(O)Cc2ccc(O)c(O)c2)C1(C)C. The molecule has 5 N–H and O–H groups in total. The van der Waals surface area contributed by atoms with E-state index in [0.29, 0.717) is 36.4 Å². The number of rotatable bonds is 10. The predicted octanol–water partition coefficient (Wildman–Crippen LogP) is 3.57. The van der Waals surface area contributed by atoms with Gasteiger partial charge in [-0.3, -0.25) is 9.59 Å². The van der Waals surface area contributed by atoms with E-state index < -0.39 is 41.6 Å². The standard InChI is InChI=1S/C33H44N2O8/c1-5-22-14-15-33(4,32(22,2)3)43-31(42)25-7-6-16-35(25)30(41)24(17-20-8-11-23(36)12-9-20)34-29(40)28(39)19-21-10-13-26(37)27(38)18-21/h8-13,18,22,24-25,28,36-39H,5-7,14-17,19H2,1-4H3,(H,34,40)/t22-,24?,25?,28?,33?/m1/s1. The molecule has 2 amide bonds. The van der Waals surface area contributed by atoms with Crippen LogP contribution < -0.4 is 5.32 Å². The van der Waals surface area contributed by atoms with Crippen molar-refractivity contribution in [2.75, 3.05) is 6.54 Å². The Kier molecular flexibility index (Phi) is 9.59. The number of nitrogens with zero attached hydrogens (tertiary/aromatic N) is 1. The molecule has 1 heterocycles. The van der Waals surface area contributed by atoms with Gasteiger partial charge < -0.3 is 35.4 Å². The normalized spacial score (nSPS) is 24.3. The van der Waals surface area contributed by atoms with Crippen LogP contribution in [0.1, 0.15) is 70.9 Å². The maximum Gasteiger partial charge on any atom is 0.329 e. The van der Waals surface area contributed by atoms with Gasteiger partial charge in [0.1, 0.15) is 29.5 Å². The van der Waals surface area contributed by atoms with E-state index in [2.05, 4.69) is 26.1 Å². The molecule has 1 aliphatic heterocycles. The Labute approximate surface area is 252 Å². The van der Waals surface area contributed by atoms with Crippen molar-refractivity contribution in [1.82, 2.24) is 10.2 Å². The molecule has 2 aromatic carbocycles. The lowest BCUT2D eigenvalue weighted by molar-refractivity contribution is -0.176. The summed E-state index contributed by atoms with van der Waals surface area (Å²) in [6, 6.07) is 8.33. The van der Waals surface area contributed by atoms with Gasteiger partial charge in [0.2, 0.25) is 11.8 Å². The first-order valence-corrected chi connectivity index (χ1v) is 15.1. The van der Waals surface area contributed by atoms with Gasteiger partial charge in [-0.2, -0.15) is 0 Å². The molecule has 0 bridgehead atoms. The first-order valence-electron chi connectivity index (χ1n) is 15.1. The molecule has 1 saturated heterocycles. The fourth-order valence-corrected chi connectivity index (χ4v) is 6.57. The summed E-state index contributed by atoms with van der Waals surface area (Å²) in [6.07, 6.45) is 2.13. The van der Waals surface area contributed by atoms with Crippen LogP contribution in [0.5, 0.6) is 17.2 Å². The fourth-order valence-electron chi connectivity index (χ4n) is 6.57. The summed E-state index contributed by atoms with van der Waals surface area (Å²) in [5.74, 6) is -1.92. The van der Waals surface area contributed by atoms with E-state index in [4.69, 9.17) is 4.74 Å². The minimum Gasteiger partial charge on any atom is -0.508 e. The fraction of sp³-hybridized carbons (Fsp3) is 0.545. The van der Waals surface area contributed by atoms with Crippen molar-refractivity contribution < 1.29 is 39.5 Å². The molecule has 10 heteroatoms. The predicted molar refractivity (Wildman–Crippen MR) is 159 cm³/mol. The average Bonchev–Trinajstić information content (AvgIpc) is 3.53. The summed E-state index contributed by atoms with van der Waals surface area (Å²) in [5, 5.41) is 42.3. The molecular formula is C33H44N2O8. The van der Waals surface area contributed by atoms with Gasteiger partial charge in [-0.1, -0.05) is 45.4 Å². The number of phenolic OH excluding ortho intramolecular Hbond substituents is 3. The number of amides is 2. The van der Waals surface area contributed by atoms with Crippen LogP contribution in [0.2, 0.25) is 0 Å². The van der Waals surface area contributed by atoms with Gasteiger partial charge >= 0.3 is 5.97 Å². The molecular weight excluding hydrogens is 552 g/mol. The lowest BCUT2D eigenvalue weighted by atomic mass is 9.72. The molecule has 0 spiro atoms. The van der Waals surface area contributed by atoms with Crippen LogP contribution >= 0.6 is 0 Å². The maximum atomic E-state index is 14.0. The smallest absolute Gasteiger partial charge is 0.329 e. The maximum absolute atomic E-state index is 14.0. The van der Waals surface area contributed by atoms with E-state index in [9.17, 15) is 34.8 Å². The Hall–Kier alpha value is -3.79. The summed E-state index contributed by atoms with van der Waals surface area (Å²) in [7, 11) is 0. The zero-order valence-corrected chi connectivity index (χ0v) is 25.4. The average molecular weight is 597 g/mol. The number of phenols is 3. The molecule has 2 fully saturated rings. The van der Waals surface area contributed by atoms with Crippen molar-refractivity contribution >= 4 is 17.8 Å². The number of carbonyl (C=O) groups is 3. The van der Waals surface area contributed by atoms with Gasteiger partial charge in [0.05, 0.1) is 0 Å². The van der Waals surface area contributed by atoms with Crippen molar-refractivity contribution in [2.45, 2.75) is 96.4 Å². The number of aliphatic hydroxyl groups excluding tert-OH is 1. The Balaban J connectivity index is 1.51. The van der Waals surface area contributed by atoms with Crippen LogP contribution in [-0.2, 0) is 32.0 Å². The second-order valence-corrected chi connectivity index (χ2v) is 12.7. The van der Waals surface area contributed by atoms with Crippen molar-refractivity contribution in [3.8, 4) is 17.2 Å². The van der Waals surface area contributed by atoms with Gasteiger partial charge in [-0.25, -0.2) is 4.79 Å². The van der Waals surface area contributed by atoms with Crippen molar-refractivity contribution in [1.29, 1.82) is 0 Å². The summed E-state index contributed by atoms with van der Waals surface area (Å²) in [6.45, 7) is 8.71. The highest BCUT2D eigenvalue weighted by Gasteiger charge is 2.54. The molecule has 2 aromatic rings. The van der Waals surface area contributed by atoms with Gasteiger partial charge in [0.25, 0.3) is 0 Å². The number of aliphatic hydroxyl groups is 1. The van der Waals surface area contributed by atoms with Crippen LogP contribution in [-0.4, -0.2) is 73.4 Å². The topological polar surface area (TPSA) is 157 Å². The number of benzene rings is 2. The van der Waals surface area contributed by atoms with Crippen molar-refractivity contribution in [3.05, 3.63) is 53.6 Å². The van der Waals surface area contributed by atoms with Crippen LogP contribution in [0.4, 0.5) is 0 Å². The molecule has 0 aromatic heterocycles. The molecule has 5 atom stereocenters. The van der Waals surface area contributed by atoms with Crippen LogP contribution in [0.3, 0.4) is 0 Å². The Morgan fingerprint density at radius 1 is 0.977 bits per heavy atom. The second kappa shape index (κ2) is 12.8. The van der Waals surface area contributed by atoms with E-state index >= 15 is 0 Å². The Morgan fingerprint density at radius 2 is 1.65 bits per heavy atom. The summed E-state index contributed by atoms with van der Waals surface area (Å²) < 4.78 is 6.20. The minimum absolute atomic E-state index is 0.0548. The van der Waals surface area contributed by atoms with E-state index in [1.807, 2.05) is 6.92 Å². The van der Waals surface area contributed by atoms with Crippen LogP contribution in [0.15, 0.2) is 42.5 Å². The summed E-state index contributed by atoms with van der Waals surface area (Å²) in [4.78, 5) is 42.2.